The van der Waals surface area contributed by atoms with Crippen molar-refractivity contribution in [3.8, 4) is 0 Å². The van der Waals surface area contributed by atoms with Gasteiger partial charge in [0.1, 0.15) is 11.2 Å². The molecule has 1 unspecified atom stereocenters. The van der Waals surface area contributed by atoms with Gasteiger partial charge in [0.05, 0.1) is 11.6 Å². The van der Waals surface area contributed by atoms with Crippen LogP contribution in [0.25, 0.3) is 0 Å². The smallest absolute Gasteiger partial charge is 0.338 e. The van der Waals surface area contributed by atoms with E-state index >= 15 is 0 Å². The number of anilines is 1. The Morgan fingerprint density at radius 3 is 2.77 bits per heavy atom. The summed E-state index contributed by atoms with van der Waals surface area (Å²) >= 11 is 1.48. The zero-order chi connectivity index (χ0) is 21.8. The Hall–Kier alpha value is -2.42. The molecule has 8 heteroatoms. The van der Waals surface area contributed by atoms with Gasteiger partial charge in [0.2, 0.25) is 5.91 Å². The second-order valence-electron chi connectivity index (χ2n) is 8.10. The third-order valence-corrected chi connectivity index (χ3v) is 7.15. The Bertz CT molecular complexity index is 924. The van der Waals surface area contributed by atoms with Crippen LogP contribution in [0, 0.1) is 0 Å². The molecular weight excluding hydrogens is 414 g/mol. The van der Waals surface area contributed by atoms with Gasteiger partial charge in [0, 0.05) is 31.5 Å². The topological polar surface area (TPSA) is 90.9 Å². The molecule has 2 atom stereocenters. The van der Waals surface area contributed by atoms with Crippen LogP contribution in [0.5, 0.6) is 0 Å². The molecule has 1 aromatic heterocycles. The Morgan fingerprint density at radius 2 is 2.10 bits per heavy atom. The van der Waals surface area contributed by atoms with E-state index in [0.29, 0.717) is 43.2 Å². The lowest BCUT2D eigenvalue weighted by Gasteiger charge is -2.30. The van der Waals surface area contributed by atoms with E-state index in [1.165, 1.54) is 11.3 Å². The van der Waals surface area contributed by atoms with Crippen LogP contribution in [-0.4, -0.2) is 47.8 Å². The maximum Gasteiger partial charge on any atom is 0.338 e. The monoisotopic (exact) mass is 443 g/mol. The first kappa shape index (κ1) is 21.8. The number of amides is 1. The molecule has 2 aromatic rings. The number of thiophene rings is 1. The predicted octanol–water partition coefficient (Wildman–Crippen LogP) is 3.62. The summed E-state index contributed by atoms with van der Waals surface area (Å²) in [5.41, 5.74) is 2.31. The fourth-order valence-electron chi connectivity index (χ4n) is 4.28. The van der Waals surface area contributed by atoms with Gasteiger partial charge < -0.3 is 25.4 Å². The number of carboxylic acids is 1. The van der Waals surface area contributed by atoms with Gasteiger partial charge in [0.15, 0.2) is 0 Å². The molecule has 0 saturated carbocycles. The van der Waals surface area contributed by atoms with Crippen LogP contribution >= 0.6 is 11.3 Å². The number of nitrogens with one attached hydrogen (secondary N) is 2. The van der Waals surface area contributed by atoms with Crippen LogP contribution in [0.4, 0.5) is 5.00 Å². The normalized spacial score (nSPS) is 20.7. The maximum atomic E-state index is 12.4. The molecule has 0 bridgehead atoms. The van der Waals surface area contributed by atoms with E-state index in [4.69, 9.17) is 4.74 Å². The van der Waals surface area contributed by atoms with Gasteiger partial charge in [0.25, 0.3) is 0 Å². The highest BCUT2D eigenvalue weighted by molar-refractivity contribution is 7.16. The number of nitrogens with zero attached hydrogens (tertiary/aromatic N) is 1. The minimum absolute atomic E-state index is 0.00162. The van der Waals surface area contributed by atoms with Gasteiger partial charge in [-0.2, -0.15) is 0 Å². The van der Waals surface area contributed by atoms with Gasteiger partial charge in [-0.15, -0.1) is 11.3 Å². The average molecular weight is 444 g/mol. The lowest BCUT2D eigenvalue weighted by molar-refractivity contribution is -0.129. The molecule has 2 aliphatic rings. The molecule has 3 N–H and O–H groups in total. The molecule has 1 fully saturated rings. The third kappa shape index (κ3) is 5.08. The van der Waals surface area contributed by atoms with Crippen LogP contribution in [0.15, 0.2) is 30.3 Å². The van der Waals surface area contributed by atoms with Crippen LogP contribution in [0.1, 0.15) is 58.6 Å². The Kier molecular flexibility index (Phi) is 6.89. The minimum atomic E-state index is -0.913. The minimum Gasteiger partial charge on any atom is -0.478 e. The molecule has 7 nitrogen and oxygen atoms in total. The lowest BCUT2D eigenvalue weighted by atomic mass is 9.98. The number of benzene rings is 1. The number of carbonyl (C=O) groups excluding carboxylic acids is 1. The van der Waals surface area contributed by atoms with Crippen molar-refractivity contribution in [3.05, 3.63) is 51.9 Å². The zero-order valence-corrected chi connectivity index (χ0v) is 18.5. The number of rotatable bonds is 7. The van der Waals surface area contributed by atoms with Gasteiger partial charge in [-0.3, -0.25) is 4.79 Å². The number of hydrogen-bond donors (Lipinski definition) is 3. The second-order valence-corrected chi connectivity index (χ2v) is 9.15. The fourth-order valence-corrected chi connectivity index (χ4v) is 5.63. The molecule has 0 aliphatic carbocycles. The second kappa shape index (κ2) is 9.80. The first-order valence-corrected chi connectivity index (χ1v) is 11.6. The van der Waals surface area contributed by atoms with Crippen molar-refractivity contribution in [2.75, 3.05) is 25.0 Å². The largest absolute Gasteiger partial charge is 0.478 e. The molecule has 31 heavy (non-hydrogen) atoms. The van der Waals surface area contributed by atoms with E-state index in [0.717, 1.165) is 35.3 Å². The van der Waals surface area contributed by atoms with Crippen molar-refractivity contribution < 1.29 is 19.4 Å². The molecule has 0 radical (unpaired) electrons. The first-order valence-electron chi connectivity index (χ1n) is 10.8. The number of hydrogen-bond acceptors (Lipinski definition) is 6. The summed E-state index contributed by atoms with van der Waals surface area (Å²) in [5.74, 6) is -0.911. The molecule has 3 heterocycles. The quantitative estimate of drug-likeness (QED) is 0.606. The summed E-state index contributed by atoms with van der Waals surface area (Å²) in [6.45, 7) is 3.99. The van der Waals surface area contributed by atoms with Crippen molar-refractivity contribution in [3.63, 3.8) is 0 Å². The van der Waals surface area contributed by atoms with Crippen molar-refractivity contribution in [2.45, 2.75) is 51.4 Å². The van der Waals surface area contributed by atoms with Crippen molar-refractivity contribution >= 4 is 28.2 Å². The number of aromatic carboxylic acids is 1. The van der Waals surface area contributed by atoms with Crippen molar-refractivity contribution in [1.29, 1.82) is 0 Å². The van der Waals surface area contributed by atoms with Crippen LogP contribution in [0.3, 0.4) is 0 Å². The van der Waals surface area contributed by atoms with Crippen LogP contribution < -0.4 is 10.6 Å². The molecule has 166 valence electrons. The first-order chi connectivity index (χ1) is 15.0. The molecule has 1 aromatic carbocycles. The van der Waals surface area contributed by atoms with E-state index in [-0.39, 0.29) is 18.2 Å². The van der Waals surface area contributed by atoms with Gasteiger partial charge in [-0.1, -0.05) is 30.3 Å². The maximum absolute atomic E-state index is 12.4. The standard InChI is InChI=1S/C23H29N3O4S/c1-15(27)26(13-16-7-3-2-4-8-16)14-18-21-17(10-11-24-18)20(23(28)29)22(31-21)25-19-9-5-6-12-30-19/h2-4,7-8,18-19,24-25H,5-6,9-14H2,1H3,(H,28,29)/t18-,19?/m0/s1. The lowest BCUT2D eigenvalue weighted by Crippen LogP contribution is -2.40. The van der Waals surface area contributed by atoms with Crippen LogP contribution in [-0.2, 0) is 22.5 Å². The zero-order valence-electron chi connectivity index (χ0n) is 17.7. The number of ether oxygens (including phenoxy) is 1. The Balaban J connectivity index is 1.58. The highest BCUT2D eigenvalue weighted by atomic mass is 32.1. The highest BCUT2D eigenvalue weighted by Crippen LogP contribution is 2.40. The van der Waals surface area contributed by atoms with Gasteiger partial charge in [-0.25, -0.2) is 4.79 Å². The van der Waals surface area contributed by atoms with Crippen LogP contribution in [0.2, 0.25) is 0 Å². The Morgan fingerprint density at radius 1 is 1.29 bits per heavy atom. The van der Waals surface area contributed by atoms with E-state index in [9.17, 15) is 14.7 Å². The molecule has 2 aliphatic heterocycles. The summed E-state index contributed by atoms with van der Waals surface area (Å²) in [5, 5.41) is 17.4. The molecule has 0 spiro atoms. The fraction of sp³-hybridized carbons (Fsp3) is 0.478. The summed E-state index contributed by atoms with van der Waals surface area (Å²) < 4.78 is 5.77. The van der Waals surface area contributed by atoms with Crippen molar-refractivity contribution in [1.82, 2.24) is 10.2 Å². The van der Waals surface area contributed by atoms with Gasteiger partial charge >= 0.3 is 5.97 Å². The summed E-state index contributed by atoms with van der Waals surface area (Å²) in [7, 11) is 0. The summed E-state index contributed by atoms with van der Waals surface area (Å²) in [6.07, 6.45) is 3.50. The Labute approximate surface area is 186 Å². The predicted molar refractivity (Wildman–Crippen MR) is 120 cm³/mol. The van der Waals surface area contributed by atoms with E-state index in [1.54, 1.807) is 6.92 Å². The third-order valence-electron chi connectivity index (χ3n) is 5.87. The molecular formula is C23H29N3O4S. The van der Waals surface area contributed by atoms with E-state index in [2.05, 4.69) is 10.6 Å². The van der Waals surface area contributed by atoms with E-state index in [1.807, 2.05) is 35.2 Å². The number of fused-ring (bicyclic) bond motifs is 1. The van der Waals surface area contributed by atoms with Gasteiger partial charge in [-0.05, 0) is 43.4 Å². The average Bonchev–Trinajstić information content (AvgIpc) is 3.13. The molecule has 1 saturated heterocycles. The van der Waals surface area contributed by atoms with E-state index < -0.39 is 5.97 Å². The molecule has 4 rings (SSSR count). The SMILES string of the molecule is CC(=O)N(Cc1ccccc1)C[C@@H]1NCCc2c1sc(NC1CCCCO1)c2C(=O)O. The summed E-state index contributed by atoms with van der Waals surface area (Å²) in [4.78, 5) is 27.3. The highest BCUT2D eigenvalue weighted by Gasteiger charge is 2.32. The number of carboxylic acid groups (broad SMARTS) is 1. The summed E-state index contributed by atoms with van der Waals surface area (Å²) in [6, 6.07) is 9.82. The number of carbonyl (C=O) groups is 2. The van der Waals surface area contributed by atoms with Crippen molar-refractivity contribution in [2.24, 2.45) is 0 Å². The molecule has 1 amide bonds.